The molecule has 0 saturated heterocycles. The molecule has 118 valence electrons. The first-order chi connectivity index (χ1) is 10.5. The van der Waals surface area contributed by atoms with E-state index in [1.54, 1.807) is 0 Å². The molecule has 1 fully saturated rings. The number of rotatable bonds is 4. The average Bonchev–Trinajstić information content (AvgIpc) is 3.06. The number of nitrogens with zero attached hydrogens (tertiary/aromatic N) is 2. The SMILES string of the molecule is CC(C)Oc1cc(Br)cc(-c2nc(C3(N)CCCC3)no2)c1. The van der Waals surface area contributed by atoms with E-state index >= 15 is 0 Å². The maximum absolute atomic E-state index is 6.38. The van der Waals surface area contributed by atoms with Crippen molar-refractivity contribution in [2.45, 2.75) is 51.2 Å². The van der Waals surface area contributed by atoms with Gasteiger partial charge in [0, 0.05) is 10.0 Å². The van der Waals surface area contributed by atoms with Gasteiger partial charge in [-0.2, -0.15) is 4.98 Å². The minimum absolute atomic E-state index is 0.103. The molecule has 5 nitrogen and oxygen atoms in total. The molecular weight excluding hydrogens is 346 g/mol. The lowest BCUT2D eigenvalue weighted by atomic mass is 9.99. The van der Waals surface area contributed by atoms with Crippen molar-refractivity contribution in [1.29, 1.82) is 0 Å². The van der Waals surface area contributed by atoms with Gasteiger partial charge in [0.25, 0.3) is 5.89 Å². The summed E-state index contributed by atoms with van der Waals surface area (Å²) in [7, 11) is 0. The molecule has 0 aliphatic heterocycles. The van der Waals surface area contributed by atoms with Gasteiger partial charge in [-0.3, -0.25) is 0 Å². The smallest absolute Gasteiger partial charge is 0.258 e. The van der Waals surface area contributed by atoms with Crippen molar-refractivity contribution >= 4 is 15.9 Å². The lowest BCUT2D eigenvalue weighted by Gasteiger charge is -2.17. The summed E-state index contributed by atoms with van der Waals surface area (Å²) in [5, 5.41) is 4.10. The zero-order valence-electron chi connectivity index (χ0n) is 12.8. The molecule has 1 saturated carbocycles. The van der Waals surface area contributed by atoms with E-state index in [-0.39, 0.29) is 6.10 Å². The third-order valence-corrected chi connectivity index (χ3v) is 4.32. The summed E-state index contributed by atoms with van der Waals surface area (Å²) in [6, 6.07) is 5.75. The monoisotopic (exact) mass is 365 g/mol. The number of ether oxygens (including phenoxy) is 1. The molecule has 6 heteroatoms. The summed E-state index contributed by atoms with van der Waals surface area (Å²) < 4.78 is 12.1. The fraction of sp³-hybridized carbons (Fsp3) is 0.500. The van der Waals surface area contributed by atoms with E-state index in [0.29, 0.717) is 11.7 Å². The summed E-state index contributed by atoms with van der Waals surface area (Å²) >= 11 is 3.49. The summed E-state index contributed by atoms with van der Waals surface area (Å²) in [4.78, 5) is 4.52. The summed E-state index contributed by atoms with van der Waals surface area (Å²) in [5.41, 5.74) is 6.76. The van der Waals surface area contributed by atoms with Gasteiger partial charge in [-0.05, 0) is 44.9 Å². The standard InChI is InChI=1S/C16H20BrN3O2/c1-10(2)21-13-8-11(7-12(17)9-13)14-19-15(20-22-14)16(18)5-3-4-6-16/h7-10H,3-6,18H2,1-2H3. The van der Waals surface area contributed by atoms with E-state index < -0.39 is 5.54 Å². The van der Waals surface area contributed by atoms with Crippen LogP contribution in [0, 0.1) is 0 Å². The van der Waals surface area contributed by atoms with Gasteiger partial charge < -0.3 is 15.0 Å². The topological polar surface area (TPSA) is 74.2 Å². The maximum atomic E-state index is 6.38. The minimum atomic E-state index is -0.439. The molecular formula is C16H20BrN3O2. The van der Waals surface area contributed by atoms with Crippen molar-refractivity contribution in [2.24, 2.45) is 5.73 Å². The van der Waals surface area contributed by atoms with E-state index in [1.165, 1.54) is 0 Å². The zero-order chi connectivity index (χ0) is 15.7. The molecule has 1 heterocycles. The van der Waals surface area contributed by atoms with Crippen LogP contribution in [0.15, 0.2) is 27.2 Å². The van der Waals surface area contributed by atoms with Crippen LogP contribution < -0.4 is 10.5 Å². The third kappa shape index (κ3) is 3.17. The highest BCUT2D eigenvalue weighted by atomic mass is 79.9. The van der Waals surface area contributed by atoms with Gasteiger partial charge in [-0.1, -0.05) is 33.9 Å². The number of hydrogen-bond donors (Lipinski definition) is 1. The zero-order valence-corrected chi connectivity index (χ0v) is 14.4. The van der Waals surface area contributed by atoms with Crippen molar-refractivity contribution in [1.82, 2.24) is 10.1 Å². The molecule has 3 rings (SSSR count). The van der Waals surface area contributed by atoms with Crippen LogP contribution in [-0.4, -0.2) is 16.2 Å². The molecule has 2 aromatic rings. The van der Waals surface area contributed by atoms with E-state index in [4.69, 9.17) is 15.0 Å². The molecule has 1 aliphatic carbocycles. The number of aromatic nitrogens is 2. The van der Waals surface area contributed by atoms with Crippen LogP contribution in [0.2, 0.25) is 0 Å². The molecule has 0 unspecified atom stereocenters. The van der Waals surface area contributed by atoms with Crippen LogP contribution in [0.3, 0.4) is 0 Å². The first kappa shape index (κ1) is 15.5. The number of hydrogen-bond acceptors (Lipinski definition) is 5. The third-order valence-electron chi connectivity index (χ3n) is 3.86. The highest BCUT2D eigenvalue weighted by Crippen LogP contribution is 2.36. The van der Waals surface area contributed by atoms with Gasteiger partial charge in [0.2, 0.25) is 0 Å². The molecule has 0 radical (unpaired) electrons. The Kier molecular flexibility index (Phi) is 4.23. The van der Waals surface area contributed by atoms with Crippen molar-refractivity contribution in [3.63, 3.8) is 0 Å². The highest BCUT2D eigenvalue weighted by molar-refractivity contribution is 9.10. The lowest BCUT2D eigenvalue weighted by molar-refractivity contribution is 0.242. The normalized spacial score (nSPS) is 17.1. The first-order valence-corrected chi connectivity index (χ1v) is 8.36. The molecule has 0 atom stereocenters. The summed E-state index contributed by atoms with van der Waals surface area (Å²) in [5.74, 6) is 1.84. The molecule has 1 aromatic heterocycles. The Morgan fingerprint density at radius 3 is 2.68 bits per heavy atom. The molecule has 0 spiro atoms. The largest absolute Gasteiger partial charge is 0.491 e. The maximum Gasteiger partial charge on any atom is 0.258 e. The van der Waals surface area contributed by atoms with Crippen molar-refractivity contribution < 1.29 is 9.26 Å². The Bertz CT molecular complexity index is 663. The van der Waals surface area contributed by atoms with Crippen LogP contribution in [0.25, 0.3) is 11.5 Å². The van der Waals surface area contributed by atoms with Crippen molar-refractivity contribution in [3.05, 3.63) is 28.5 Å². The molecule has 22 heavy (non-hydrogen) atoms. The summed E-state index contributed by atoms with van der Waals surface area (Å²) in [6.07, 6.45) is 4.15. The Balaban J connectivity index is 1.91. The Hall–Kier alpha value is -1.40. The quantitative estimate of drug-likeness (QED) is 0.885. The van der Waals surface area contributed by atoms with Crippen LogP contribution in [0.1, 0.15) is 45.4 Å². The number of benzene rings is 1. The van der Waals surface area contributed by atoms with Crippen LogP contribution >= 0.6 is 15.9 Å². The Labute approximate surface area is 138 Å². The first-order valence-electron chi connectivity index (χ1n) is 7.57. The second kappa shape index (κ2) is 6.01. The predicted molar refractivity (Wildman–Crippen MR) is 87.5 cm³/mol. The van der Waals surface area contributed by atoms with E-state index in [2.05, 4.69) is 26.1 Å². The summed E-state index contributed by atoms with van der Waals surface area (Å²) in [6.45, 7) is 3.98. The van der Waals surface area contributed by atoms with Crippen LogP contribution in [0.5, 0.6) is 5.75 Å². The number of halogens is 1. The highest BCUT2D eigenvalue weighted by Gasteiger charge is 2.36. The molecule has 0 bridgehead atoms. The van der Waals surface area contributed by atoms with Crippen LogP contribution in [0.4, 0.5) is 0 Å². The fourth-order valence-corrected chi connectivity index (χ4v) is 3.27. The number of nitrogens with two attached hydrogens (primary N) is 1. The fourth-order valence-electron chi connectivity index (χ4n) is 2.80. The van der Waals surface area contributed by atoms with Gasteiger partial charge in [-0.15, -0.1) is 0 Å². The minimum Gasteiger partial charge on any atom is -0.491 e. The van der Waals surface area contributed by atoms with Gasteiger partial charge in [-0.25, -0.2) is 0 Å². The molecule has 2 N–H and O–H groups in total. The van der Waals surface area contributed by atoms with Gasteiger partial charge in [0.15, 0.2) is 5.82 Å². The van der Waals surface area contributed by atoms with E-state index in [1.807, 2.05) is 32.0 Å². The lowest BCUT2D eigenvalue weighted by Crippen LogP contribution is -2.34. The predicted octanol–water partition coefficient (Wildman–Crippen LogP) is 4.01. The second-order valence-corrected chi connectivity index (χ2v) is 7.04. The molecule has 0 amide bonds. The Morgan fingerprint density at radius 2 is 2.00 bits per heavy atom. The Morgan fingerprint density at radius 1 is 1.27 bits per heavy atom. The van der Waals surface area contributed by atoms with Gasteiger partial charge in [0.1, 0.15) is 5.75 Å². The van der Waals surface area contributed by atoms with Gasteiger partial charge >= 0.3 is 0 Å². The molecule has 1 aliphatic rings. The molecule has 1 aromatic carbocycles. The van der Waals surface area contributed by atoms with E-state index in [9.17, 15) is 0 Å². The second-order valence-electron chi connectivity index (χ2n) is 6.13. The van der Waals surface area contributed by atoms with Gasteiger partial charge in [0.05, 0.1) is 11.6 Å². The van der Waals surface area contributed by atoms with E-state index in [0.717, 1.165) is 41.5 Å². The average molecular weight is 366 g/mol. The van der Waals surface area contributed by atoms with Crippen LogP contribution in [-0.2, 0) is 5.54 Å². The van der Waals surface area contributed by atoms with Crippen molar-refractivity contribution in [3.8, 4) is 17.2 Å². The van der Waals surface area contributed by atoms with Crippen molar-refractivity contribution in [2.75, 3.05) is 0 Å².